The number of hydrogen-bond acceptors (Lipinski definition) is 3. The summed E-state index contributed by atoms with van der Waals surface area (Å²) < 4.78 is 0. The maximum absolute atomic E-state index is 11.5. The van der Waals surface area contributed by atoms with E-state index in [1.807, 2.05) is 13.8 Å². The number of aliphatic hydroxyl groups is 1. The van der Waals surface area contributed by atoms with Crippen molar-refractivity contribution in [3.63, 3.8) is 0 Å². The lowest BCUT2D eigenvalue weighted by molar-refractivity contribution is 0.222. The molecular weight excluding hydrogens is 206 g/mol. The number of aromatic nitrogens is 1. The number of aliphatic hydroxyl groups excluding tert-OH is 1. The summed E-state index contributed by atoms with van der Waals surface area (Å²) in [5.41, 5.74) is 1.62. The first-order chi connectivity index (χ1) is 7.67. The second kappa shape index (κ2) is 6.07. The summed E-state index contributed by atoms with van der Waals surface area (Å²) in [4.78, 5) is 15.5. The summed E-state index contributed by atoms with van der Waals surface area (Å²) in [6.07, 6.45) is 3.99. The minimum Gasteiger partial charge on any atom is -0.394 e. The zero-order chi connectivity index (χ0) is 12.0. The molecule has 16 heavy (non-hydrogen) atoms. The summed E-state index contributed by atoms with van der Waals surface area (Å²) in [5, 5.41) is 14.3. The van der Waals surface area contributed by atoms with E-state index in [9.17, 15) is 4.79 Å². The fraction of sp³-hybridized carbons (Fsp3) is 0.455. The molecule has 0 fully saturated rings. The third-order valence-corrected chi connectivity index (χ3v) is 2.32. The van der Waals surface area contributed by atoms with Gasteiger partial charge < -0.3 is 15.7 Å². The molecule has 0 aromatic carbocycles. The zero-order valence-corrected chi connectivity index (χ0v) is 9.53. The molecular formula is C11H17N3O2. The van der Waals surface area contributed by atoms with Crippen molar-refractivity contribution in [1.29, 1.82) is 0 Å². The Hall–Kier alpha value is -1.62. The Bertz CT molecular complexity index is 351. The van der Waals surface area contributed by atoms with Crippen molar-refractivity contribution < 1.29 is 9.90 Å². The molecule has 0 radical (unpaired) electrons. The Labute approximate surface area is 94.9 Å². The van der Waals surface area contributed by atoms with Gasteiger partial charge in [-0.2, -0.15) is 0 Å². The van der Waals surface area contributed by atoms with Gasteiger partial charge in [0.05, 0.1) is 12.6 Å². The van der Waals surface area contributed by atoms with Gasteiger partial charge in [-0.05, 0) is 25.0 Å². The van der Waals surface area contributed by atoms with Crippen molar-refractivity contribution >= 4 is 11.7 Å². The lowest BCUT2D eigenvalue weighted by atomic mass is 10.2. The van der Waals surface area contributed by atoms with Gasteiger partial charge in [-0.1, -0.05) is 6.92 Å². The number of pyridine rings is 1. The molecule has 0 aliphatic heterocycles. The number of carbonyl (C=O) groups is 1. The highest BCUT2D eigenvalue weighted by molar-refractivity contribution is 5.90. The SMILES string of the molecule is CCC(CO)NC(=O)Nc1ccncc1C. The normalized spacial score (nSPS) is 11.9. The van der Waals surface area contributed by atoms with Gasteiger partial charge in [0.25, 0.3) is 0 Å². The first-order valence-electron chi connectivity index (χ1n) is 5.26. The van der Waals surface area contributed by atoms with Gasteiger partial charge in [0.2, 0.25) is 0 Å². The summed E-state index contributed by atoms with van der Waals surface area (Å²) in [7, 11) is 0. The zero-order valence-electron chi connectivity index (χ0n) is 9.53. The smallest absolute Gasteiger partial charge is 0.319 e. The molecule has 0 saturated carbocycles. The molecule has 1 aromatic heterocycles. The van der Waals surface area contributed by atoms with Gasteiger partial charge in [0, 0.05) is 18.1 Å². The van der Waals surface area contributed by atoms with E-state index >= 15 is 0 Å². The summed E-state index contributed by atoms with van der Waals surface area (Å²) >= 11 is 0. The summed E-state index contributed by atoms with van der Waals surface area (Å²) in [6, 6.07) is 1.21. The van der Waals surface area contributed by atoms with Crippen LogP contribution in [0, 0.1) is 6.92 Å². The molecule has 3 N–H and O–H groups in total. The molecule has 1 atom stereocenters. The van der Waals surface area contributed by atoms with Crippen molar-refractivity contribution in [1.82, 2.24) is 10.3 Å². The van der Waals surface area contributed by atoms with Crippen molar-refractivity contribution in [3.8, 4) is 0 Å². The van der Waals surface area contributed by atoms with Crippen LogP contribution in [0.15, 0.2) is 18.5 Å². The van der Waals surface area contributed by atoms with E-state index in [1.165, 1.54) is 0 Å². The van der Waals surface area contributed by atoms with Crippen LogP contribution in [0.5, 0.6) is 0 Å². The average molecular weight is 223 g/mol. The van der Waals surface area contributed by atoms with E-state index < -0.39 is 0 Å². The van der Waals surface area contributed by atoms with Gasteiger partial charge in [0.15, 0.2) is 0 Å². The highest BCUT2D eigenvalue weighted by Gasteiger charge is 2.09. The van der Waals surface area contributed by atoms with Crippen LogP contribution in [0.2, 0.25) is 0 Å². The Kier molecular flexibility index (Phi) is 4.72. The van der Waals surface area contributed by atoms with Crippen molar-refractivity contribution in [3.05, 3.63) is 24.0 Å². The summed E-state index contributed by atoms with van der Waals surface area (Å²) in [5.74, 6) is 0. The molecule has 1 unspecified atom stereocenters. The minimum absolute atomic E-state index is 0.0563. The molecule has 1 heterocycles. The molecule has 0 aliphatic carbocycles. The molecule has 0 aliphatic rings. The number of carbonyl (C=O) groups excluding carboxylic acids is 1. The number of nitrogens with zero attached hydrogens (tertiary/aromatic N) is 1. The van der Waals surface area contributed by atoms with Crippen LogP contribution in [-0.2, 0) is 0 Å². The first kappa shape index (κ1) is 12.4. The van der Waals surface area contributed by atoms with Crippen molar-refractivity contribution in [2.45, 2.75) is 26.3 Å². The van der Waals surface area contributed by atoms with Crippen molar-refractivity contribution in [2.75, 3.05) is 11.9 Å². The number of anilines is 1. The Morgan fingerprint density at radius 3 is 2.94 bits per heavy atom. The number of urea groups is 1. The lowest BCUT2D eigenvalue weighted by Crippen LogP contribution is -2.39. The van der Waals surface area contributed by atoms with E-state index in [0.717, 1.165) is 11.3 Å². The van der Waals surface area contributed by atoms with Gasteiger partial charge >= 0.3 is 6.03 Å². The molecule has 0 saturated heterocycles. The predicted octanol–water partition coefficient (Wildman–Crippen LogP) is 1.28. The maximum Gasteiger partial charge on any atom is 0.319 e. The second-order valence-electron chi connectivity index (χ2n) is 3.58. The molecule has 0 bridgehead atoms. The van der Waals surface area contributed by atoms with Crippen LogP contribution in [0.1, 0.15) is 18.9 Å². The van der Waals surface area contributed by atoms with Crippen LogP contribution in [0.25, 0.3) is 0 Å². The molecule has 1 aromatic rings. The Morgan fingerprint density at radius 2 is 2.38 bits per heavy atom. The lowest BCUT2D eigenvalue weighted by Gasteiger charge is -2.15. The van der Waals surface area contributed by atoms with Crippen LogP contribution in [0.3, 0.4) is 0 Å². The second-order valence-corrected chi connectivity index (χ2v) is 3.58. The van der Waals surface area contributed by atoms with Crippen molar-refractivity contribution in [2.24, 2.45) is 0 Å². The third kappa shape index (κ3) is 3.51. The Balaban J connectivity index is 2.55. The largest absolute Gasteiger partial charge is 0.394 e. The highest BCUT2D eigenvalue weighted by Crippen LogP contribution is 2.11. The number of aryl methyl sites for hydroxylation is 1. The van der Waals surface area contributed by atoms with Gasteiger partial charge in [-0.25, -0.2) is 4.79 Å². The average Bonchev–Trinajstić information content (AvgIpc) is 2.29. The van der Waals surface area contributed by atoms with Gasteiger partial charge in [0.1, 0.15) is 0 Å². The van der Waals surface area contributed by atoms with Crippen LogP contribution < -0.4 is 10.6 Å². The fourth-order valence-corrected chi connectivity index (χ4v) is 1.23. The van der Waals surface area contributed by atoms with E-state index in [-0.39, 0.29) is 18.7 Å². The van der Waals surface area contributed by atoms with Gasteiger partial charge in [-0.15, -0.1) is 0 Å². The van der Waals surface area contributed by atoms with E-state index in [1.54, 1.807) is 18.5 Å². The molecule has 5 nitrogen and oxygen atoms in total. The third-order valence-electron chi connectivity index (χ3n) is 2.32. The van der Waals surface area contributed by atoms with E-state index in [4.69, 9.17) is 5.11 Å². The highest BCUT2D eigenvalue weighted by atomic mass is 16.3. The number of nitrogens with one attached hydrogen (secondary N) is 2. The maximum atomic E-state index is 11.5. The number of hydrogen-bond donors (Lipinski definition) is 3. The topological polar surface area (TPSA) is 74.2 Å². The Morgan fingerprint density at radius 1 is 1.62 bits per heavy atom. The number of rotatable bonds is 4. The first-order valence-corrected chi connectivity index (χ1v) is 5.26. The van der Waals surface area contributed by atoms with E-state index in [0.29, 0.717) is 6.42 Å². The molecule has 1 rings (SSSR count). The quantitative estimate of drug-likeness (QED) is 0.720. The fourth-order valence-electron chi connectivity index (χ4n) is 1.23. The summed E-state index contributed by atoms with van der Waals surface area (Å²) in [6.45, 7) is 3.71. The predicted molar refractivity (Wildman–Crippen MR) is 62.3 cm³/mol. The van der Waals surface area contributed by atoms with Gasteiger partial charge in [-0.3, -0.25) is 4.98 Å². The molecule has 2 amide bonds. The monoisotopic (exact) mass is 223 g/mol. The number of amides is 2. The van der Waals surface area contributed by atoms with Crippen LogP contribution in [-0.4, -0.2) is 28.8 Å². The van der Waals surface area contributed by atoms with Crippen LogP contribution in [0.4, 0.5) is 10.5 Å². The van der Waals surface area contributed by atoms with Crippen LogP contribution >= 0.6 is 0 Å². The standard InChI is InChI=1S/C11H17N3O2/c1-3-9(7-15)13-11(16)14-10-4-5-12-6-8(10)2/h4-6,9,15H,3,7H2,1-2H3,(H2,12,13,14,16). The molecule has 88 valence electrons. The van der Waals surface area contributed by atoms with E-state index in [2.05, 4.69) is 15.6 Å². The molecule has 5 heteroatoms. The minimum atomic E-state index is -0.310. The molecule has 0 spiro atoms.